The Labute approximate surface area is 116 Å². The molecule has 0 aliphatic heterocycles. The Kier molecular flexibility index (Phi) is 4.24. The number of H-pyrrole nitrogens is 1. The quantitative estimate of drug-likeness (QED) is 0.665. The Hall–Kier alpha value is -2.50. The first-order valence-electron chi connectivity index (χ1n) is 6.40. The van der Waals surface area contributed by atoms with E-state index in [0.717, 1.165) is 16.5 Å². The molecule has 1 atom stereocenters. The van der Waals surface area contributed by atoms with Crippen molar-refractivity contribution in [2.75, 3.05) is 6.54 Å². The minimum absolute atomic E-state index is 0.444. The number of carboxylic acid groups (broad SMARTS) is 1. The second-order valence-corrected chi connectivity index (χ2v) is 4.57. The van der Waals surface area contributed by atoms with E-state index in [-0.39, 0.29) is 0 Å². The maximum atomic E-state index is 11.5. The maximum Gasteiger partial charge on any atom is 0.325 e. The summed E-state index contributed by atoms with van der Waals surface area (Å²) in [5.74, 6) is -1.06. The van der Waals surface area contributed by atoms with Crippen LogP contribution in [0.2, 0.25) is 0 Å². The van der Waals surface area contributed by atoms with E-state index in [1.54, 1.807) is 0 Å². The van der Waals surface area contributed by atoms with Gasteiger partial charge in [0.2, 0.25) is 0 Å². The number of fused-ring (bicyclic) bond motifs is 1. The highest BCUT2D eigenvalue weighted by molar-refractivity contribution is 5.83. The van der Waals surface area contributed by atoms with Crippen LogP contribution in [0, 0.1) is 0 Å². The van der Waals surface area contributed by atoms with Crippen molar-refractivity contribution in [1.29, 1.82) is 0 Å². The molecular formula is C14H17N3O3. The number of amides is 2. The van der Waals surface area contributed by atoms with Gasteiger partial charge >= 0.3 is 12.0 Å². The lowest BCUT2D eigenvalue weighted by atomic mass is 10.1. The van der Waals surface area contributed by atoms with Crippen molar-refractivity contribution < 1.29 is 14.7 Å². The number of aliphatic carboxylic acids is 1. The van der Waals surface area contributed by atoms with Gasteiger partial charge in [-0.15, -0.1) is 0 Å². The van der Waals surface area contributed by atoms with Crippen LogP contribution < -0.4 is 10.6 Å². The van der Waals surface area contributed by atoms with E-state index in [4.69, 9.17) is 5.11 Å². The number of aromatic amines is 1. The Bertz CT molecular complexity index is 621. The highest BCUT2D eigenvalue weighted by Crippen LogP contribution is 2.17. The van der Waals surface area contributed by atoms with Gasteiger partial charge in [-0.1, -0.05) is 18.2 Å². The largest absolute Gasteiger partial charge is 0.480 e. The average molecular weight is 275 g/mol. The van der Waals surface area contributed by atoms with E-state index >= 15 is 0 Å². The third kappa shape index (κ3) is 3.28. The van der Waals surface area contributed by atoms with E-state index in [9.17, 15) is 9.59 Å². The van der Waals surface area contributed by atoms with Crippen molar-refractivity contribution >= 4 is 22.9 Å². The number of rotatable bonds is 5. The monoisotopic (exact) mass is 275 g/mol. The van der Waals surface area contributed by atoms with Gasteiger partial charge in [0.05, 0.1) is 0 Å². The number of urea groups is 1. The van der Waals surface area contributed by atoms with Gasteiger partial charge in [-0.05, 0) is 25.0 Å². The van der Waals surface area contributed by atoms with Gasteiger partial charge in [-0.25, -0.2) is 4.79 Å². The van der Waals surface area contributed by atoms with Gasteiger partial charge < -0.3 is 20.7 Å². The molecule has 2 rings (SSSR count). The Morgan fingerprint density at radius 1 is 1.35 bits per heavy atom. The molecule has 1 aromatic carbocycles. The molecule has 0 bridgehead atoms. The summed E-state index contributed by atoms with van der Waals surface area (Å²) in [5.41, 5.74) is 2.18. The Morgan fingerprint density at radius 3 is 2.85 bits per heavy atom. The summed E-state index contributed by atoms with van der Waals surface area (Å²) in [6.07, 6.45) is 2.60. The lowest BCUT2D eigenvalue weighted by molar-refractivity contribution is -0.138. The molecule has 0 aliphatic rings. The summed E-state index contributed by atoms with van der Waals surface area (Å²) >= 11 is 0. The molecule has 0 aliphatic carbocycles. The first kappa shape index (κ1) is 13.9. The highest BCUT2D eigenvalue weighted by atomic mass is 16.4. The number of nitrogens with one attached hydrogen (secondary N) is 3. The summed E-state index contributed by atoms with van der Waals surface area (Å²) < 4.78 is 0. The van der Waals surface area contributed by atoms with Crippen LogP contribution in [0.5, 0.6) is 0 Å². The van der Waals surface area contributed by atoms with Crippen molar-refractivity contribution in [2.45, 2.75) is 19.4 Å². The first-order chi connectivity index (χ1) is 9.58. The van der Waals surface area contributed by atoms with E-state index in [2.05, 4.69) is 15.6 Å². The molecule has 0 saturated heterocycles. The van der Waals surface area contributed by atoms with Gasteiger partial charge in [-0.3, -0.25) is 4.79 Å². The summed E-state index contributed by atoms with van der Waals surface area (Å²) in [4.78, 5) is 25.2. The fraction of sp³-hybridized carbons (Fsp3) is 0.286. The summed E-state index contributed by atoms with van der Waals surface area (Å²) in [6, 6.07) is 6.57. The molecule has 6 heteroatoms. The van der Waals surface area contributed by atoms with E-state index in [1.807, 2.05) is 30.5 Å². The van der Waals surface area contributed by atoms with Crippen LogP contribution in [0.3, 0.4) is 0 Å². The Morgan fingerprint density at radius 2 is 2.10 bits per heavy atom. The third-order valence-corrected chi connectivity index (χ3v) is 3.07. The number of carbonyl (C=O) groups excluding carboxylic acids is 1. The molecule has 6 nitrogen and oxygen atoms in total. The molecular weight excluding hydrogens is 258 g/mol. The van der Waals surface area contributed by atoms with Crippen LogP contribution in [-0.2, 0) is 11.2 Å². The lowest BCUT2D eigenvalue weighted by Crippen LogP contribution is -2.44. The van der Waals surface area contributed by atoms with Crippen molar-refractivity contribution in [1.82, 2.24) is 15.6 Å². The normalized spacial score (nSPS) is 12.1. The molecule has 0 saturated carbocycles. The topological polar surface area (TPSA) is 94.2 Å². The van der Waals surface area contributed by atoms with E-state index in [1.165, 1.54) is 6.92 Å². The van der Waals surface area contributed by atoms with Gasteiger partial charge in [0.25, 0.3) is 0 Å². The van der Waals surface area contributed by atoms with E-state index in [0.29, 0.717) is 13.0 Å². The molecule has 20 heavy (non-hydrogen) atoms. The van der Waals surface area contributed by atoms with Gasteiger partial charge in [0.1, 0.15) is 6.04 Å². The smallest absolute Gasteiger partial charge is 0.325 e. The highest BCUT2D eigenvalue weighted by Gasteiger charge is 2.13. The molecule has 4 N–H and O–H groups in total. The molecule has 106 valence electrons. The molecule has 2 aromatic rings. The van der Waals surface area contributed by atoms with Crippen molar-refractivity contribution in [3.8, 4) is 0 Å². The fourth-order valence-electron chi connectivity index (χ4n) is 1.96. The number of para-hydroxylation sites is 1. The molecule has 1 heterocycles. The van der Waals surface area contributed by atoms with Crippen molar-refractivity contribution in [3.05, 3.63) is 36.0 Å². The van der Waals surface area contributed by atoms with Gasteiger partial charge in [0.15, 0.2) is 0 Å². The fourth-order valence-corrected chi connectivity index (χ4v) is 1.96. The SMILES string of the molecule is C[C@@H](NC(=O)NCCc1c[nH]c2ccccc12)C(=O)O. The van der Waals surface area contributed by atoms with Crippen LogP contribution in [0.25, 0.3) is 10.9 Å². The van der Waals surface area contributed by atoms with Crippen LogP contribution in [-0.4, -0.2) is 34.7 Å². The number of carboxylic acids is 1. The zero-order chi connectivity index (χ0) is 14.5. The zero-order valence-electron chi connectivity index (χ0n) is 11.1. The molecule has 0 unspecified atom stereocenters. The van der Waals surface area contributed by atoms with Crippen LogP contribution >= 0.6 is 0 Å². The molecule has 0 spiro atoms. The summed E-state index contributed by atoms with van der Waals surface area (Å²) in [7, 11) is 0. The lowest BCUT2D eigenvalue weighted by Gasteiger charge is -2.10. The van der Waals surface area contributed by atoms with E-state index < -0.39 is 18.0 Å². The first-order valence-corrected chi connectivity index (χ1v) is 6.40. The second kappa shape index (κ2) is 6.10. The maximum absolute atomic E-state index is 11.5. The predicted molar refractivity (Wildman–Crippen MR) is 75.6 cm³/mol. The zero-order valence-corrected chi connectivity index (χ0v) is 11.1. The second-order valence-electron chi connectivity index (χ2n) is 4.57. The predicted octanol–water partition coefficient (Wildman–Crippen LogP) is 1.48. The number of benzene rings is 1. The number of aromatic nitrogens is 1. The summed E-state index contributed by atoms with van der Waals surface area (Å²) in [5, 5.41) is 14.8. The molecule has 2 amide bonds. The van der Waals surface area contributed by atoms with Crippen LogP contribution in [0.1, 0.15) is 12.5 Å². The van der Waals surface area contributed by atoms with Crippen LogP contribution in [0.4, 0.5) is 4.79 Å². The van der Waals surface area contributed by atoms with Gasteiger partial charge in [0, 0.05) is 23.6 Å². The molecule has 1 aromatic heterocycles. The van der Waals surface area contributed by atoms with Crippen molar-refractivity contribution in [3.63, 3.8) is 0 Å². The van der Waals surface area contributed by atoms with Crippen molar-refractivity contribution in [2.24, 2.45) is 0 Å². The third-order valence-electron chi connectivity index (χ3n) is 3.07. The standard InChI is InChI=1S/C14H17N3O3/c1-9(13(18)19)17-14(20)15-7-6-10-8-16-12-5-3-2-4-11(10)12/h2-5,8-9,16H,6-7H2,1H3,(H,18,19)(H2,15,17,20)/t9-/m1/s1. The molecule has 0 radical (unpaired) electrons. The van der Waals surface area contributed by atoms with Crippen LogP contribution in [0.15, 0.2) is 30.5 Å². The minimum atomic E-state index is -1.06. The molecule has 0 fully saturated rings. The minimum Gasteiger partial charge on any atom is -0.480 e. The Balaban J connectivity index is 1.84. The average Bonchev–Trinajstić information content (AvgIpc) is 2.82. The van der Waals surface area contributed by atoms with Gasteiger partial charge in [-0.2, -0.15) is 0 Å². The number of hydrogen-bond acceptors (Lipinski definition) is 2. The number of carbonyl (C=O) groups is 2. The number of hydrogen-bond donors (Lipinski definition) is 4. The summed E-state index contributed by atoms with van der Waals surface area (Å²) in [6.45, 7) is 1.86.